The molecule has 4 rings (SSSR count). The number of amides is 1. The molecule has 2 atom stereocenters. The highest BCUT2D eigenvalue weighted by Crippen LogP contribution is 2.27. The maximum atomic E-state index is 12.6. The van der Waals surface area contributed by atoms with Crippen LogP contribution in [0.1, 0.15) is 50.3 Å². The number of hydrogen-bond acceptors (Lipinski definition) is 3. The van der Waals surface area contributed by atoms with Crippen LogP contribution in [0.25, 0.3) is 0 Å². The quantitative estimate of drug-likeness (QED) is 0.258. The first-order valence-electron chi connectivity index (χ1n) is 11.5. The zero-order chi connectivity index (χ0) is 21.6. The molecule has 1 saturated heterocycles. The Balaban J connectivity index is 0.00000289. The first-order valence-corrected chi connectivity index (χ1v) is 11.5. The molecule has 0 bridgehead atoms. The number of nitrogens with zero attached hydrogens (tertiary/aromatic N) is 5. The van der Waals surface area contributed by atoms with Crippen molar-refractivity contribution in [3.05, 3.63) is 54.1 Å². The average molecular weight is 550 g/mol. The second-order valence-electron chi connectivity index (χ2n) is 8.65. The SMILES string of the molecule is CCNC(=NCCCC(=O)N1Cc2ccccc2C1)N1CCC(C)C(n2ccnc2)C1.I. The Labute approximate surface area is 208 Å². The molecule has 1 fully saturated rings. The van der Waals surface area contributed by atoms with Crippen molar-refractivity contribution < 1.29 is 4.79 Å². The number of halogens is 1. The normalized spacial score (nSPS) is 20.6. The Morgan fingerprint density at radius 1 is 1.22 bits per heavy atom. The molecule has 1 N–H and O–H groups in total. The van der Waals surface area contributed by atoms with E-state index in [-0.39, 0.29) is 29.9 Å². The number of nitrogens with one attached hydrogen (secondary N) is 1. The van der Waals surface area contributed by atoms with Crippen molar-refractivity contribution in [2.75, 3.05) is 26.2 Å². The minimum Gasteiger partial charge on any atom is -0.357 e. The number of guanidine groups is 1. The summed E-state index contributed by atoms with van der Waals surface area (Å²) in [5, 5.41) is 3.44. The predicted molar refractivity (Wildman–Crippen MR) is 138 cm³/mol. The monoisotopic (exact) mass is 550 g/mol. The zero-order valence-corrected chi connectivity index (χ0v) is 21.4. The van der Waals surface area contributed by atoms with E-state index in [9.17, 15) is 4.79 Å². The van der Waals surface area contributed by atoms with Crippen molar-refractivity contribution >= 4 is 35.8 Å². The molecule has 1 aromatic carbocycles. The summed E-state index contributed by atoms with van der Waals surface area (Å²) in [5.41, 5.74) is 2.55. The summed E-state index contributed by atoms with van der Waals surface area (Å²) in [6.07, 6.45) is 8.26. The molecule has 32 heavy (non-hydrogen) atoms. The maximum absolute atomic E-state index is 12.6. The van der Waals surface area contributed by atoms with Crippen LogP contribution in [-0.2, 0) is 17.9 Å². The molecule has 2 aliphatic heterocycles. The summed E-state index contributed by atoms with van der Waals surface area (Å²) >= 11 is 0. The lowest BCUT2D eigenvalue weighted by molar-refractivity contribution is -0.131. The summed E-state index contributed by atoms with van der Waals surface area (Å²) in [6.45, 7) is 9.32. The van der Waals surface area contributed by atoms with E-state index in [0.29, 0.717) is 24.9 Å². The molecule has 0 aliphatic carbocycles. The van der Waals surface area contributed by atoms with Crippen molar-refractivity contribution in [2.45, 2.75) is 52.2 Å². The molecular formula is C24H35IN6O. The molecule has 0 spiro atoms. The largest absolute Gasteiger partial charge is 0.357 e. The molecule has 1 amide bonds. The van der Waals surface area contributed by atoms with Crippen LogP contribution in [0, 0.1) is 5.92 Å². The van der Waals surface area contributed by atoms with Gasteiger partial charge in [0.2, 0.25) is 5.91 Å². The van der Waals surface area contributed by atoms with Gasteiger partial charge in [0.15, 0.2) is 5.96 Å². The van der Waals surface area contributed by atoms with Crippen molar-refractivity contribution in [1.29, 1.82) is 0 Å². The van der Waals surface area contributed by atoms with Gasteiger partial charge in [-0.05, 0) is 36.8 Å². The van der Waals surface area contributed by atoms with Gasteiger partial charge >= 0.3 is 0 Å². The molecule has 0 saturated carbocycles. The van der Waals surface area contributed by atoms with E-state index in [0.717, 1.165) is 51.5 Å². The van der Waals surface area contributed by atoms with E-state index >= 15 is 0 Å². The van der Waals surface area contributed by atoms with Gasteiger partial charge in [0.25, 0.3) is 0 Å². The van der Waals surface area contributed by atoms with E-state index in [1.54, 1.807) is 0 Å². The van der Waals surface area contributed by atoms with Gasteiger partial charge in [-0.25, -0.2) is 4.98 Å². The Morgan fingerprint density at radius 2 is 1.97 bits per heavy atom. The molecule has 3 heterocycles. The highest BCUT2D eigenvalue weighted by molar-refractivity contribution is 14.0. The van der Waals surface area contributed by atoms with Crippen LogP contribution < -0.4 is 5.32 Å². The molecule has 1 aromatic heterocycles. The Bertz CT molecular complexity index is 875. The van der Waals surface area contributed by atoms with Crippen LogP contribution in [-0.4, -0.2) is 57.4 Å². The Morgan fingerprint density at radius 3 is 2.62 bits per heavy atom. The van der Waals surface area contributed by atoms with E-state index < -0.39 is 0 Å². The third kappa shape index (κ3) is 5.82. The number of aliphatic imine (C=N–C) groups is 1. The van der Waals surface area contributed by atoms with Crippen molar-refractivity contribution in [3.63, 3.8) is 0 Å². The van der Waals surface area contributed by atoms with Gasteiger partial charge in [0.1, 0.15) is 0 Å². The molecule has 2 aromatic rings. The standard InChI is InChI=1S/C24H34N6O.HI/c1-3-26-24(28-13-10-19(2)22(17-28)29-14-12-25-18-29)27-11-6-9-23(31)30-15-20-7-4-5-8-21(20)16-30;/h4-5,7-8,12,14,18-19,22H,3,6,9-11,13,15-17H2,1-2H3,(H,26,27);1H. The van der Waals surface area contributed by atoms with Crippen molar-refractivity contribution in [3.8, 4) is 0 Å². The van der Waals surface area contributed by atoms with Crippen LogP contribution in [0.5, 0.6) is 0 Å². The van der Waals surface area contributed by atoms with Crippen LogP contribution in [0.3, 0.4) is 0 Å². The van der Waals surface area contributed by atoms with Crippen molar-refractivity contribution in [1.82, 2.24) is 24.7 Å². The van der Waals surface area contributed by atoms with E-state index in [2.05, 4.69) is 51.9 Å². The van der Waals surface area contributed by atoms with Gasteiger partial charge in [-0.2, -0.15) is 0 Å². The third-order valence-electron chi connectivity index (χ3n) is 6.46. The van der Waals surface area contributed by atoms with E-state index in [1.807, 2.05) is 29.6 Å². The highest BCUT2D eigenvalue weighted by atomic mass is 127. The Hall–Kier alpha value is -2.10. The molecule has 2 aliphatic rings. The number of carbonyl (C=O) groups is 1. The summed E-state index contributed by atoms with van der Waals surface area (Å²) in [4.78, 5) is 26.0. The lowest BCUT2D eigenvalue weighted by atomic mass is 9.93. The summed E-state index contributed by atoms with van der Waals surface area (Å²) in [7, 11) is 0. The summed E-state index contributed by atoms with van der Waals surface area (Å²) in [5.74, 6) is 1.79. The number of benzene rings is 1. The summed E-state index contributed by atoms with van der Waals surface area (Å²) in [6, 6.07) is 8.72. The van der Waals surface area contributed by atoms with Gasteiger partial charge < -0.3 is 19.7 Å². The fraction of sp³-hybridized carbons (Fsp3) is 0.542. The molecule has 0 radical (unpaired) electrons. The minimum absolute atomic E-state index is 0. The van der Waals surface area contributed by atoms with Gasteiger partial charge in [0.05, 0.1) is 12.4 Å². The second-order valence-corrected chi connectivity index (χ2v) is 8.65. The number of hydrogen-bond donors (Lipinski definition) is 1. The van der Waals surface area contributed by atoms with Crippen LogP contribution in [0.4, 0.5) is 0 Å². The van der Waals surface area contributed by atoms with Crippen LogP contribution >= 0.6 is 24.0 Å². The fourth-order valence-corrected chi connectivity index (χ4v) is 4.60. The smallest absolute Gasteiger partial charge is 0.223 e. The van der Waals surface area contributed by atoms with Gasteiger partial charge in [0, 0.05) is 58.1 Å². The first kappa shape index (κ1) is 24.5. The van der Waals surface area contributed by atoms with Gasteiger partial charge in [-0.15, -0.1) is 24.0 Å². The number of likely N-dealkylation sites (tertiary alicyclic amines) is 1. The first-order chi connectivity index (χ1) is 15.2. The number of rotatable bonds is 6. The highest BCUT2D eigenvalue weighted by Gasteiger charge is 2.29. The maximum Gasteiger partial charge on any atom is 0.223 e. The number of fused-ring (bicyclic) bond motifs is 1. The third-order valence-corrected chi connectivity index (χ3v) is 6.46. The predicted octanol–water partition coefficient (Wildman–Crippen LogP) is 3.67. The number of piperidine rings is 1. The number of carbonyl (C=O) groups excluding carboxylic acids is 1. The lowest BCUT2D eigenvalue weighted by Crippen LogP contribution is -2.49. The molecule has 7 nitrogen and oxygen atoms in total. The summed E-state index contributed by atoms with van der Waals surface area (Å²) < 4.78 is 2.22. The minimum atomic E-state index is 0. The Kier molecular flexibility index (Phi) is 8.95. The topological polar surface area (TPSA) is 65.8 Å². The van der Waals surface area contributed by atoms with Gasteiger partial charge in [-0.3, -0.25) is 9.79 Å². The average Bonchev–Trinajstić information content (AvgIpc) is 3.46. The fourth-order valence-electron chi connectivity index (χ4n) is 4.60. The van der Waals surface area contributed by atoms with E-state index in [4.69, 9.17) is 4.99 Å². The van der Waals surface area contributed by atoms with Crippen LogP contribution in [0.15, 0.2) is 48.0 Å². The molecule has 2 unspecified atom stereocenters. The van der Waals surface area contributed by atoms with Crippen LogP contribution in [0.2, 0.25) is 0 Å². The number of imidazole rings is 1. The molecule has 174 valence electrons. The molecular weight excluding hydrogens is 515 g/mol. The lowest BCUT2D eigenvalue weighted by Gasteiger charge is -2.39. The van der Waals surface area contributed by atoms with Crippen molar-refractivity contribution in [2.24, 2.45) is 10.9 Å². The number of aromatic nitrogens is 2. The molecule has 8 heteroatoms. The van der Waals surface area contributed by atoms with E-state index in [1.165, 1.54) is 11.1 Å². The second kappa shape index (κ2) is 11.7. The van der Waals surface area contributed by atoms with Gasteiger partial charge in [-0.1, -0.05) is 31.2 Å². The zero-order valence-electron chi connectivity index (χ0n) is 19.1.